The summed E-state index contributed by atoms with van der Waals surface area (Å²) in [5.74, 6) is 2.78. The smallest absolute Gasteiger partial charge is 0.00672 e. The van der Waals surface area contributed by atoms with Gasteiger partial charge >= 0.3 is 0 Å². The summed E-state index contributed by atoms with van der Waals surface area (Å²) >= 11 is 0. The molecule has 14 heavy (non-hydrogen) atoms. The van der Waals surface area contributed by atoms with Crippen molar-refractivity contribution in [3.63, 3.8) is 0 Å². The first kappa shape index (κ1) is 10.5. The Kier molecular flexibility index (Phi) is 3.48. The van der Waals surface area contributed by atoms with Crippen LogP contribution in [0.15, 0.2) is 0 Å². The molecule has 0 heterocycles. The van der Waals surface area contributed by atoms with Crippen molar-refractivity contribution in [2.24, 2.45) is 23.5 Å². The van der Waals surface area contributed by atoms with E-state index in [0.29, 0.717) is 6.04 Å². The molecular formula is C13H25N. The standard InChI is InChI=1S/C13H25N/c1-10-7-8-12(9-13(10)14)11-5-3-2-4-6-11/h10-13H,2-9,14H2,1H3/t10-,12+,13+/m0/s1. The summed E-state index contributed by atoms with van der Waals surface area (Å²) in [6.07, 6.45) is 11.6. The number of hydrogen-bond donors (Lipinski definition) is 1. The summed E-state index contributed by atoms with van der Waals surface area (Å²) in [5, 5.41) is 0. The van der Waals surface area contributed by atoms with Crippen molar-refractivity contribution >= 4 is 0 Å². The van der Waals surface area contributed by atoms with E-state index in [9.17, 15) is 0 Å². The van der Waals surface area contributed by atoms with Crippen LogP contribution in [0.4, 0.5) is 0 Å². The molecule has 3 atom stereocenters. The number of nitrogens with two attached hydrogens (primary N) is 1. The van der Waals surface area contributed by atoms with E-state index in [0.717, 1.165) is 17.8 Å². The summed E-state index contributed by atoms with van der Waals surface area (Å²) in [5.41, 5.74) is 6.18. The second-order valence-corrected chi connectivity index (χ2v) is 5.61. The van der Waals surface area contributed by atoms with E-state index in [1.54, 1.807) is 0 Å². The van der Waals surface area contributed by atoms with Crippen molar-refractivity contribution in [2.75, 3.05) is 0 Å². The van der Waals surface area contributed by atoms with Crippen LogP contribution in [-0.2, 0) is 0 Å². The van der Waals surface area contributed by atoms with Crippen molar-refractivity contribution in [3.05, 3.63) is 0 Å². The Morgan fingerprint density at radius 3 is 2.21 bits per heavy atom. The highest BCUT2D eigenvalue weighted by atomic mass is 14.7. The Labute approximate surface area is 88.4 Å². The van der Waals surface area contributed by atoms with Crippen LogP contribution in [0.3, 0.4) is 0 Å². The Morgan fingerprint density at radius 2 is 1.57 bits per heavy atom. The minimum Gasteiger partial charge on any atom is -0.327 e. The molecule has 0 aliphatic heterocycles. The van der Waals surface area contributed by atoms with Crippen molar-refractivity contribution in [3.8, 4) is 0 Å². The predicted molar refractivity (Wildman–Crippen MR) is 61.1 cm³/mol. The van der Waals surface area contributed by atoms with Crippen LogP contribution in [0.25, 0.3) is 0 Å². The summed E-state index contributed by atoms with van der Waals surface area (Å²) in [7, 11) is 0. The fraction of sp³-hybridized carbons (Fsp3) is 1.00. The molecule has 2 saturated carbocycles. The fourth-order valence-corrected chi connectivity index (χ4v) is 3.42. The molecule has 2 rings (SSSR count). The largest absolute Gasteiger partial charge is 0.327 e. The minimum absolute atomic E-state index is 0.496. The molecule has 1 nitrogen and oxygen atoms in total. The van der Waals surface area contributed by atoms with E-state index in [1.807, 2.05) is 0 Å². The first-order valence-electron chi connectivity index (χ1n) is 6.53. The highest BCUT2D eigenvalue weighted by molar-refractivity contribution is 4.84. The zero-order chi connectivity index (χ0) is 9.97. The monoisotopic (exact) mass is 195 g/mol. The van der Waals surface area contributed by atoms with Crippen LogP contribution in [-0.4, -0.2) is 6.04 Å². The second kappa shape index (κ2) is 4.65. The molecule has 2 N–H and O–H groups in total. The van der Waals surface area contributed by atoms with Crippen molar-refractivity contribution in [1.29, 1.82) is 0 Å². The second-order valence-electron chi connectivity index (χ2n) is 5.61. The molecule has 0 spiro atoms. The van der Waals surface area contributed by atoms with Gasteiger partial charge in [0, 0.05) is 6.04 Å². The van der Waals surface area contributed by atoms with E-state index < -0.39 is 0 Å². The van der Waals surface area contributed by atoms with E-state index >= 15 is 0 Å². The van der Waals surface area contributed by atoms with Gasteiger partial charge in [0.2, 0.25) is 0 Å². The van der Waals surface area contributed by atoms with Crippen LogP contribution < -0.4 is 5.73 Å². The molecule has 2 aliphatic carbocycles. The van der Waals surface area contributed by atoms with Gasteiger partial charge in [0.05, 0.1) is 0 Å². The Balaban J connectivity index is 1.85. The van der Waals surface area contributed by atoms with Gasteiger partial charge in [-0.3, -0.25) is 0 Å². The maximum atomic E-state index is 6.18. The SMILES string of the molecule is C[C@H]1CC[C@@H](C2CCCCC2)C[C@H]1N. The lowest BCUT2D eigenvalue weighted by atomic mass is 9.70. The molecule has 0 aromatic rings. The lowest BCUT2D eigenvalue weighted by Crippen LogP contribution is -2.37. The Bertz CT molecular complexity index is 172. The zero-order valence-corrected chi connectivity index (χ0v) is 9.54. The molecular weight excluding hydrogens is 170 g/mol. The Morgan fingerprint density at radius 1 is 0.857 bits per heavy atom. The number of hydrogen-bond acceptors (Lipinski definition) is 1. The van der Waals surface area contributed by atoms with Crippen molar-refractivity contribution in [2.45, 2.75) is 64.3 Å². The predicted octanol–water partition coefficient (Wildman–Crippen LogP) is 3.33. The molecule has 0 aromatic carbocycles. The highest BCUT2D eigenvalue weighted by Gasteiger charge is 2.30. The van der Waals surface area contributed by atoms with Gasteiger partial charge in [0.25, 0.3) is 0 Å². The topological polar surface area (TPSA) is 26.0 Å². The molecule has 82 valence electrons. The molecule has 0 unspecified atom stereocenters. The summed E-state index contributed by atoms with van der Waals surface area (Å²) in [6.45, 7) is 2.32. The Hall–Kier alpha value is -0.0400. The molecule has 0 saturated heterocycles. The van der Waals surface area contributed by atoms with Crippen molar-refractivity contribution in [1.82, 2.24) is 0 Å². The average molecular weight is 195 g/mol. The van der Waals surface area contributed by atoms with E-state index in [2.05, 4.69) is 6.92 Å². The van der Waals surface area contributed by atoms with Gasteiger partial charge < -0.3 is 5.73 Å². The van der Waals surface area contributed by atoms with E-state index in [-0.39, 0.29) is 0 Å². The number of rotatable bonds is 1. The van der Waals surface area contributed by atoms with Crippen LogP contribution >= 0.6 is 0 Å². The lowest BCUT2D eigenvalue weighted by Gasteiger charge is -2.38. The maximum absolute atomic E-state index is 6.18. The third-order valence-corrected chi connectivity index (χ3v) is 4.62. The molecule has 0 radical (unpaired) electrons. The molecule has 2 aliphatic rings. The van der Waals surface area contributed by atoms with Crippen LogP contribution in [0.1, 0.15) is 58.3 Å². The minimum atomic E-state index is 0.496. The molecule has 1 heteroatoms. The van der Waals surface area contributed by atoms with Crippen LogP contribution in [0, 0.1) is 17.8 Å². The van der Waals surface area contributed by atoms with Crippen molar-refractivity contribution < 1.29 is 0 Å². The van der Waals surface area contributed by atoms with Gasteiger partial charge in [-0.25, -0.2) is 0 Å². The molecule has 0 bridgehead atoms. The molecule has 2 fully saturated rings. The summed E-state index contributed by atoms with van der Waals surface area (Å²) in [4.78, 5) is 0. The maximum Gasteiger partial charge on any atom is 0.00672 e. The van der Waals surface area contributed by atoms with E-state index in [1.165, 1.54) is 51.4 Å². The van der Waals surface area contributed by atoms with Gasteiger partial charge in [0.15, 0.2) is 0 Å². The summed E-state index contributed by atoms with van der Waals surface area (Å²) < 4.78 is 0. The highest BCUT2D eigenvalue weighted by Crippen LogP contribution is 2.39. The molecule has 0 aromatic heterocycles. The normalized spacial score (nSPS) is 41.1. The fourth-order valence-electron chi connectivity index (χ4n) is 3.42. The summed E-state index contributed by atoms with van der Waals surface area (Å²) in [6, 6.07) is 0.496. The van der Waals surface area contributed by atoms with Gasteiger partial charge in [-0.15, -0.1) is 0 Å². The lowest BCUT2D eigenvalue weighted by molar-refractivity contribution is 0.156. The first-order valence-corrected chi connectivity index (χ1v) is 6.53. The van der Waals surface area contributed by atoms with Crippen LogP contribution in [0.5, 0.6) is 0 Å². The zero-order valence-electron chi connectivity index (χ0n) is 9.54. The quantitative estimate of drug-likeness (QED) is 0.682. The van der Waals surface area contributed by atoms with Gasteiger partial charge in [-0.1, -0.05) is 39.0 Å². The van der Waals surface area contributed by atoms with Gasteiger partial charge in [-0.05, 0) is 37.0 Å². The van der Waals surface area contributed by atoms with Crippen LogP contribution in [0.2, 0.25) is 0 Å². The third kappa shape index (κ3) is 2.31. The van der Waals surface area contributed by atoms with E-state index in [4.69, 9.17) is 5.73 Å². The van der Waals surface area contributed by atoms with Gasteiger partial charge in [0.1, 0.15) is 0 Å². The van der Waals surface area contributed by atoms with Gasteiger partial charge in [-0.2, -0.15) is 0 Å². The average Bonchev–Trinajstić information content (AvgIpc) is 2.23. The third-order valence-electron chi connectivity index (χ3n) is 4.62. The molecule has 0 amide bonds. The first-order chi connectivity index (χ1) is 6.77.